The SMILES string of the molecule is Cc1c(-c2ccc(OC3CCN(C(=O)[C@]4(C)CCCN4)CC3)cc2)ccc2cccnc12. The summed E-state index contributed by atoms with van der Waals surface area (Å²) in [6.07, 6.45) is 5.76. The van der Waals surface area contributed by atoms with Crippen molar-refractivity contribution in [3.05, 3.63) is 60.3 Å². The largest absolute Gasteiger partial charge is 0.490 e. The zero-order valence-electron chi connectivity index (χ0n) is 18.9. The molecule has 2 aliphatic rings. The number of aryl methyl sites for hydroxylation is 1. The maximum Gasteiger partial charge on any atom is 0.242 e. The van der Waals surface area contributed by atoms with Crippen molar-refractivity contribution in [2.24, 2.45) is 0 Å². The highest BCUT2D eigenvalue weighted by molar-refractivity contribution is 5.88. The Bertz CT molecular complexity index is 1110. The molecule has 0 aliphatic carbocycles. The molecule has 1 atom stereocenters. The van der Waals surface area contributed by atoms with E-state index in [9.17, 15) is 4.79 Å². The minimum absolute atomic E-state index is 0.154. The van der Waals surface area contributed by atoms with Crippen molar-refractivity contribution in [3.63, 3.8) is 0 Å². The van der Waals surface area contributed by atoms with Gasteiger partial charge in [-0.25, -0.2) is 0 Å². The standard InChI is InChI=1S/C27H31N3O2/c1-19-24(11-8-21-5-3-15-28-25(19)21)20-6-9-22(10-7-20)32-23-12-17-30(18-13-23)26(31)27(2)14-4-16-29-27/h3,5-11,15,23,29H,4,12-14,16-18H2,1-2H3/t27-/m0/s1. The number of aromatic nitrogens is 1. The van der Waals surface area contributed by atoms with E-state index >= 15 is 0 Å². The Labute approximate surface area is 189 Å². The number of amides is 1. The number of carbonyl (C=O) groups excluding carboxylic acids is 1. The van der Waals surface area contributed by atoms with E-state index in [2.05, 4.69) is 59.7 Å². The zero-order valence-corrected chi connectivity index (χ0v) is 18.9. The lowest BCUT2D eigenvalue weighted by Gasteiger charge is -2.37. The third kappa shape index (κ3) is 3.97. The fraction of sp³-hybridized carbons (Fsp3) is 0.407. The third-order valence-electron chi connectivity index (χ3n) is 7.07. The average molecular weight is 430 g/mol. The number of carbonyl (C=O) groups is 1. The molecule has 3 heterocycles. The number of hydrogen-bond donors (Lipinski definition) is 1. The van der Waals surface area contributed by atoms with Crippen molar-refractivity contribution in [2.45, 2.75) is 51.2 Å². The number of rotatable bonds is 4. The number of ether oxygens (including phenoxy) is 1. The number of likely N-dealkylation sites (tertiary alicyclic amines) is 1. The number of fused-ring (bicyclic) bond motifs is 1. The summed E-state index contributed by atoms with van der Waals surface area (Å²) in [7, 11) is 0. The predicted octanol–water partition coefficient (Wildman–Crippen LogP) is 4.72. The molecule has 0 saturated carbocycles. The summed E-state index contributed by atoms with van der Waals surface area (Å²) in [5.74, 6) is 1.14. The molecule has 1 amide bonds. The van der Waals surface area contributed by atoms with Gasteiger partial charge in [-0.1, -0.05) is 30.3 Å². The van der Waals surface area contributed by atoms with E-state index in [1.54, 1.807) is 0 Å². The molecule has 0 radical (unpaired) electrons. The second kappa shape index (κ2) is 8.55. The molecule has 0 bridgehead atoms. The summed E-state index contributed by atoms with van der Waals surface area (Å²) in [4.78, 5) is 19.5. The van der Waals surface area contributed by atoms with Crippen LogP contribution in [0.4, 0.5) is 0 Å². The molecule has 2 aromatic carbocycles. The molecule has 0 unspecified atom stereocenters. The Kier molecular flexibility index (Phi) is 5.60. The molecular weight excluding hydrogens is 398 g/mol. The topological polar surface area (TPSA) is 54.5 Å². The van der Waals surface area contributed by atoms with E-state index in [4.69, 9.17) is 4.74 Å². The van der Waals surface area contributed by atoms with Gasteiger partial charge in [-0.15, -0.1) is 0 Å². The first-order valence-corrected chi connectivity index (χ1v) is 11.7. The molecular formula is C27H31N3O2. The van der Waals surface area contributed by atoms with Crippen LogP contribution in [0, 0.1) is 6.92 Å². The second-order valence-corrected chi connectivity index (χ2v) is 9.31. The Morgan fingerprint density at radius 3 is 2.62 bits per heavy atom. The van der Waals surface area contributed by atoms with E-state index in [1.807, 2.05) is 24.1 Å². The number of nitrogens with zero attached hydrogens (tertiary/aromatic N) is 2. The van der Waals surface area contributed by atoms with Gasteiger partial charge in [0.15, 0.2) is 0 Å². The number of pyridine rings is 1. The van der Waals surface area contributed by atoms with Gasteiger partial charge in [-0.3, -0.25) is 9.78 Å². The van der Waals surface area contributed by atoms with Crippen LogP contribution in [0.5, 0.6) is 5.75 Å². The molecule has 1 N–H and O–H groups in total. The van der Waals surface area contributed by atoms with Gasteiger partial charge in [0, 0.05) is 37.5 Å². The molecule has 5 heteroatoms. The van der Waals surface area contributed by atoms with E-state index in [-0.39, 0.29) is 17.6 Å². The smallest absolute Gasteiger partial charge is 0.242 e. The molecule has 32 heavy (non-hydrogen) atoms. The first kappa shape index (κ1) is 21.0. The van der Waals surface area contributed by atoms with Gasteiger partial charge in [0.05, 0.1) is 11.1 Å². The van der Waals surface area contributed by atoms with Gasteiger partial charge in [-0.05, 0) is 68.1 Å². The van der Waals surface area contributed by atoms with Gasteiger partial charge in [0.1, 0.15) is 11.9 Å². The van der Waals surface area contributed by atoms with Crippen LogP contribution in [0.1, 0.15) is 38.2 Å². The van der Waals surface area contributed by atoms with Crippen molar-refractivity contribution in [1.29, 1.82) is 0 Å². The Morgan fingerprint density at radius 1 is 1.12 bits per heavy atom. The van der Waals surface area contributed by atoms with Gasteiger partial charge < -0.3 is 15.0 Å². The number of hydrogen-bond acceptors (Lipinski definition) is 4. The van der Waals surface area contributed by atoms with Crippen molar-refractivity contribution in [2.75, 3.05) is 19.6 Å². The highest BCUT2D eigenvalue weighted by atomic mass is 16.5. The maximum atomic E-state index is 12.9. The second-order valence-electron chi connectivity index (χ2n) is 9.31. The van der Waals surface area contributed by atoms with Crippen molar-refractivity contribution in [3.8, 4) is 16.9 Å². The monoisotopic (exact) mass is 429 g/mol. The van der Waals surface area contributed by atoms with Crippen LogP contribution in [0.15, 0.2) is 54.7 Å². The van der Waals surface area contributed by atoms with Crippen molar-refractivity contribution in [1.82, 2.24) is 15.2 Å². The molecule has 3 aromatic rings. The fourth-order valence-corrected chi connectivity index (χ4v) is 5.11. The van der Waals surface area contributed by atoms with Crippen LogP contribution in [-0.2, 0) is 4.79 Å². The minimum Gasteiger partial charge on any atom is -0.490 e. The summed E-state index contributed by atoms with van der Waals surface area (Å²) in [6, 6.07) is 16.7. The van der Waals surface area contributed by atoms with Crippen molar-refractivity contribution < 1.29 is 9.53 Å². The molecule has 5 nitrogen and oxygen atoms in total. The molecule has 2 aliphatic heterocycles. The van der Waals surface area contributed by atoms with E-state index in [0.717, 1.165) is 62.0 Å². The molecule has 5 rings (SSSR count). The van der Waals surface area contributed by atoms with E-state index in [1.165, 1.54) is 16.7 Å². The summed E-state index contributed by atoms with van der Waals surface area (Å²) in [5.41, 5.74) is 4.23. The first-order valence-electron chi connectivity index (χ1n) is 11.7. The lowest BCUT2D eigenvalue weighted by Crippen LogP contribution is -2.55. The highest BCUT2D eigenvalue weighted by Crippen LogP contribution is 2.31. The van der Waals surface area contributed by atoms with Gasteiger partial charge >= 0.3 is 0 Å². The summed E-state index contributed by atoms with van der Waals surface area (Å²) >= 11 is 0. The Morgan fingerprint density at radius 2 is 1.91 bits per heavy atom. The fourth-order valence-electron chi connectivity index (χ4n) is 5.11. The van der Waals surface area contributed by atoms with Crippen molar-refractivity contribution >= 4 is 16.8 Å². The molecule has 1 aromatic heterocycles. The quantitative estimate of drug-likeness (QED) is 0.652. The first-order chi connectivity index (χ1) is 15.5. The normalized spacial score (nSPS) is 21.8. The Balaban J connectivity index is 1.22. The lowest BCUT2D eigenvalue weighted by atomic mass is 9.96. The molecule has 0 spiro atoms. The van der Waals surface area contributed by atoms with E-state index in [0.29, 0.717) is 0 Å². The summed E-state index contributed by atoms with van der Waals surface area (Å²) in [6.45, 7) is 6.64. The van der Waals surface area contributed by atoms with E-state index < -0.39 is 0 Å². The summed E-state index contributed by atoms with van der Waals surface area (Å²) in [5, 5.41) is 4.55. The zero-order chi connectivity index (χ0) is 22.1. The van der Waals surface area contributed by atoms with Crippen LogP contribution in [0.2, 0.25) is 0 Å². The number of benzene rings is 2. The van der Waals surface area contributed by atoms with Crippen LogP contribution in [0.3, 0.4) is 0 Å². The Hall–Kier alpha value is -2.92. The van der Waals surface area contributed by atoms with Gasteiger partial charge in [-0.2, -0.15) is 0 Å². The third-order valence-corrected chi connectivity index (χ3v) is 7.07. The molecule has 2 saturated heterocycles. The lowest BCUT2D eigenvalue weighted by molar-refractivity contribution is -0.139. The number of nitrogens with one attached hydrogen (secondary N) is 1. The van der Waals surface area contributed by atoms with Crippen LogP contribution in [-0.4, -0.2) is 47.1 Å². The van der Waals surface area contributed by atoms with Crippen LogP contribution < -0.4 is 10.1 Å². The van der Waals surface area contributed by atoms with Gasteiger partial charge in [0.2, 0.25) is 5.91 Å². The summed E-state index contributed by atoms with van der Waals surface area (Å²) < 4.78 is 6.26. The minimum atomic E-state index is -0.375. The predicted molar refractivity (Wildman–Crippen MR) is 128 cm³/mol. The molecule has 166 valence electrons. The van der Waals surface area contributed by atoms with Crippen LogP contribution in [0.25, 0.3) is 22.0 Å². The maximum absolute atomic E-state index is 12.9. The van der Waals surface area contributed by atoms with Crippen LogP contribution >= 0.6 is 0 Å². The molecule has 2 fully saturated rings. The number of piperidine rings is 1. The average Bonchev–Trinajstić information content (AvgIpc) is 3.28. The van der Waals surface area contributed by atoms with Gasteiger partial charge in [0.25, 0.3) is 0 Å². The highest BCUT2D eigenvalue weighted by Gasteiger charge is 2.40.